The Morgan fingerprint density at radius 3 is 1.23 bits per heavy atom. The summed E-state index contributed by atoms with van der Waals surface area (Å²) in [6.45, 7) is 4.14. The van der Waals surface area contributed by atoms with Gasteiger partial charge in [0.15, 0.2) is 0 Å². The van der Waals surface area contributed by atoms with Crippen LogP contribution in [0.4, 0.5) is 0 Å². The molecule has 4 fully saturated rings. The van der Waals surface area contributed by atoms with E-state index in [2.05, 4.69) is 24.1 Å². The summed E-state index contributed by atoms with van der Waals surface area (Å²) in [6, 6.07) is 0.628. The third-order valence-electron chi connectivity index (χ3n) is 8.59. The molecule has 18 heteroatoms. The molecule has 4 aliphatic carbocycles. The molecule has 2 unspecified atom stereocenters. The van der Waals surface area contributed by atoms with Crippen molar-refractivity contribution < 1.29 is 86.9 Å². The number of amides is 2. The Balaban J connectivity index is 0.000000421. The maximum atomic E-state index is 12.2. The van der Waals surface area contributed by atoms with Crippen molar-refractivity contribution in [1.82, 2.24) is 18.8 Å². The van der Waals surface area contributed by atoms with E-state index in [1.165, 1.54) is 33.9 Å². The molecule has 12 nitrogen and oxygen atoms in total. The molecule has 0 aromatic heterocycles. The van der Waals surface area contributed by atoms with Crippen molar-refractivity contribution in [1.29, 1.82) is 0 Å². The van der Waals surface area contributed by atoms with Gasteiger partial charge in [0.05, 0.1) is 64.2 Å². The van der Waals surface area contributed by atoms with Crippen LogP contribution in [0.2, 0.25) is 0 Å². The molecule has 0 heterocycles. The Bertz CT molecular complexity index is 989. The molecule has 0 aliphatic heterocycles. The van der Waals surface area contributed by atoms with Crippen LogP contribution >= 0.6 is 23.9 Å². The number of hydrogen-bond donors (Lipinski definition) is 0. The summed E-state index contributed by atoms with van der Waals surface area (Å²) in [6.07, 6.45) is 11.6. The number of rotatable bonds is 14. The molecule has 0 saturated heterocycles. The van der Waals surface area contributed by atoms with Gasteiger partial charge in [0.1, 0.15) is 0 Å². The Hall–Kier alpha value is 0.800. The van der Waals surface area contributed by atoms with E-state index in [0.717, 1.165) is 51.4 Å². The summed E-state index contributed by atoms with van der Waals surface area (Å²) in [5.74, 6) is -1.34. The maximum absolute atomic E-state index is 12.2. The molecule has 44 heavy (non-hydrogen) atoms. The predicted octanol–water partition coefficient (Wildman–Crippen LogP) is -4.74. The van der Waals surface area contributed by atoms with Crippen molar-refractivity contribution in [3.63, 3.8) is 0 Å². The molecule has 0 N–H and O–H groups in total. The van der Waals surface area contributed by atoms with Crippen molar-refractivity contribution in [2.75, 3.05) is 40.7 Å². The quantitative estimate of drug-likeness (QED) is 0.0332. The van der Waals surface area contributed by atoms with Crippen LogP contribution in [0.1, 0.15) is 78.1 Å². The average molecular weight is 709 g/mol. The molecular formula is C26H46N8Na2O4S4. The van der Waals surface area contributed by atoms with Gasteiger partial charge in [-0.1, -0.05) is 0 Å². The summed E-state index contributed by atoms with van der Waals surface area (Å²) in [4.78, 5) is 24.4. The Kier molecular flexibility index (Phi) is 16.5. The molecule has 0 aromatic carbocycles. The standard InChI is InChI=1S/2C13H24N4O2S2.2Na/c2*1-13(7-8-13)16(21-4)14-11(18)9-12(19)15(2)17(3,20)10-5-6-10;;/h2*10H,5-9H2,1-4H3,(H,14,18);;/q;;2*+1/p-2. The summed E-state index contributed by atoms with van der Waals surface area (Å²) in [7, 11) is 6.98. The van der Waals surface area contributed by atoms with Crippen molar-refractivity contribution in [2.24, 2.45) is 10.2 Å². The van der Waals surface area contributed by atoms with E-state index in [4.69, 9.17) is 25.6 Å². The number of carbonyl (C=O) groups is 2. The Morgan fingerprint density at radius 1 is 0.750 bits per heavy atom. The fourth-order valence-electron chi connectivity index (χ4n) is 4.31. The van der Waals surface area contributed by atoms with Gasteiger partial charge in [-0.15, -0.1) is 0 Å². The zero-order chi connectivity index (χ0) is 31.7. The Morgan fingerprint density at radius 2 is 1.02 bits per heavy atom. The molecule has 4 aliphatic rings. The number of quaternary nitrogens is 2. The topological polar surface area (TPSA) is 118 Å². The van der Waals surface area contributed by atoms with Gasteiger partial charge >= 0.3 is 59.1 Å². The first-order chi connectivity index (χ1) is 19.4. The van der Waals surface area contributed by atoms with E-state index in [0.29, 0.717) is 12.1 Å². The molecule has 4 saturated carbocycles. The van der Waals surface area contributed by atoms with Crippen LogP contribution in [0.15, 0.2) is 10.2 Å². The molecular weight excluding hydrogens is 663 g/mol. The SMILES string of the molecule is CSN(N=C([O-])CC(=O)N(C)[N+](C)([S-])C1CC1)C1(C)CC1.CSN(N=C([O-])CC(=O)N(C)[N+](C)([S-])C1CC1)C1(C)CC1.[Na+].[Na+]. The maximum Gasteiger partial charge on any atom is 1.00 e. The fourth-order valence-corrected chi connectivity index (χ4v) is 6.51. The average Bonchev–Trinajstić information content (AvgIpc) is 3.76. The van der Waals surface area contributed by atoms with Crippen LogP contribution in [0.25, 0.3) is 0 Å². The molecule has 0 bridgehead atoms. The number of hydrogen-bond acceptors (Lipinski definition) is 12. The zero-order valence-electron chi connectivity index (χ0n) is 28.1. The second-order valence-electron chi connectivity index (χ2n) is 12.4. The van der Waals surface area contributed by atoms with E-state index in [-0.39, 0.29) is 103 Å². The minimum Gasteiger partial charge on any atom is -0.860 e. The summed E-state index contributed by atoms with van der Waals surface area (Å²) < 4.78 is 3.67. The monoisotopic (exact) mass is 708 g/mol. The minimum absolute atomic E-state index is 0. The van der Waals surface area contributed by atoms with Gasteiger partial charge < -0.3 is 43.8 Å². The molecule has 0 radical (unpaired) electrons. The molecule has 0 spiro atoms. The van der Waals surface area contributed by atoms with E-state index in [9.17, 15) is 19.8 Å². The first-order valence-electron chi connectivity index (χ1n) is 14.3. The first kappa shape index (κ1) is 42.8. The van der Waals surface area contributed by atoms with Gasteiger partial charge in [0, 0.05) is 38.2 Å². The van der Waals surface area contributed by atoms with E-state index in [1.54, 1.807) is 22.9 Å². The van der Waals surface area contributed by atoms with Gasteiger partial charge in [-0.2, -0.15) is 10.2 Å². The largest absolute Gasteiger partial charge is 1.00 e. The summed E-state index contributed by atoms with van der Waals surface area (Å²) >= 11 is 13.7. The predicted molar refractivity (Wildman–Crippen MR) is 169 cm³/mol. The van der Waals surface area contributed by atoms with E-state index < -0.39 is 11.8 Å². The van der Waals surface area contributed by atoms with E-state index >= 15 is 0 Å². The van der Waals surface area contributed by atoms with Gasteiger partial charge in [-0.3, -0.25) is 9.59 Å². The van der Waals surface area contributed by atoms with Crippen molar-refractivity contribution in [2.45, 2.75) is 101 Å². The number of nitrogens with zero attached hydrogens (tertiary/aromatic N) is 8. The van der Waals surface area contributed by atoms with Crippen LogP contribution in [0.5, 0.6) is 0 Å². The zero-order valence-corrected chi connectivity index (χ0v) is 35.3. The summed E-state index contributed by atoms with van der Waals surface area (Å²) in [5, 5.41) is 35.1. The second-order valence-corrected chi connectivity index (χ2v) is 15.3. The smallest absolute Gasteiger partial charge is 0.860 e. The Labute approximate surface area is 327 Å². The van der Waals surface area contributed by atoms with Crippen molar-refractivity contribution in [3.8, 4) is 0 Å². The third-order valence-corrected chi connectivity index (χ3v) is 11.4. The van der Waals surface area contributed by atoms with Crippen molar-refractivity contribution in [3.05, 3.63) is 0 Å². The number of carbonyl (C=O) groups excluding carboxylic acids is 2. The van der Waals surface area contributed by atoms with Gasteiger partial charge in [0.25, 0.3) is 11.8 Å². The second kappa shape index (κ2) is 17.0. The fraction of sp³-hybridized carbons (Fsp3) is 0.846. The molecule has 240 valence electrons. The molecule has 0 aromatic rings. The van der Waals surface area contributed by atoms with Gasteiger partial charge in [0.2, 0.25) is 0 Å². The minimum atomic E-state index is -0.403. The van der Waals surface area contributed by atoms with Crippen LogP contribution < -0.4 is 69.3 Å². The van der Waals surface area contributed by atoms with Gasteiger partial charge in [-0.05, 0) is 75.2 Å². The first-order valence-corrected chi connectivity index (χ1v) is 17.4. The normalized spacial score (nSPS) is 22.3. The van der Waals surface area contributed by atoms with E-state index in [1.807, 2.05) is 26.6 Å². The van der Waals surface area contributed by atoms with Crippen LogP contribution in [0.3, 0.4) is 0 Å². The van der Waals surface area contributed by atoms with Crippen molar-refractivity contribution >= 4 is 73.1 Å². The van der Waals surface area contributed by atoms with Gasteiger partial charge in [-0.25, -0.2) is 18.8 Å². The van der Waals surface area contributed by atoms with Crippen LogP contribution in [-0.4, -0.2) is 114 Å². The molecule has 2 amide bonds. The number of hydrazone groups is 2. The van der Waals surface area contributed by atoms with Crippen LogP contribution in [-0.2, 0) is 35.2 Å². The molecule has 4 rings (SSSR count). The third kappa shape index (κ3) is 11.5. The van der Waals surface area contributed by atoms with Crippen LogP contribution in [0, 0.1) is 0 Å². The molecule has 2 atom stereocenters. The summed E-state index contributed by atoms with van der Waals surface area (Å²) in [5.41, 5.74) is -0.0543.